The van der Waals surface area contributed by atoms with Crippen molar-refractivity contribution in [3.05, 3.63) is 69.9 Å². The van der Waals surface area contributed by atoms with Crippen molar-refractivity contribution < 1.29 is 9.53 Å². The molecule has 9 heteroatoms. The minimum atomic E-state index is -0.495. The number of allylic oxidation sites excluding steroid dienone is 1. The Hall–Kier alpha value is -3.41. The Morgan fingerprint density at radius 2 is 2.05 bits per heavy atom. The number of benzene rings is 1. The van der Waals surface area contributed by atoms with E-state index in [4.69, 9.17) is 26.3 Å². The number of carbonyl (C=O) groups is 1. The number of likely N-dealkylation sites (tertiary alicyclic amines) is 1. The fraction of sp³-hybridized carbons (Fsp3) is 0.515. The van der Waals surface area contributed by atoms with Crippen molar-refractivity contribution in [2.45, 2.75) is 63.7 Å². The molecule has 0 radical (unpaired) electrons. The van der Waals surface area contributed by atoms with E-state index in [1.54, 1.807) is 4.90 Å². The van der Waals surface area contributed by atoms with Crippen LogP contribution in [-0.2, 0) is 22.4 Å². The van der Waals surface area contributed by atoms with Crippen molar-refractivity contribution in [3.8, 4) is 6.07 Å². The van der Waals surface area contributed by atoms with Gasteiger partial charge < -0.3 is 19.4 Å². The van der Waals surface area contributed by atoms with Crippen LogP contribution < -0.4 is 0 Å². The average molecular weight is 587 g/mol. The molecule has 1 aromatic carbocycles. The minimum Gasteiger partial charge on any atom is -0.475 e. The normalized spacial score (nSPS) is 27.8. The molecule has 42 heavy (non-hydrogen) atoms. The van der Waals surface area contributed by atoms with E-state index in [-0.39, 0.29) is 23.9 Å². The van der Waals surface area contributed by atoms with Crippen LogP contribution in [0.15, 0.2) is 63.2 Å². The maximum absolute atomic E-state index is 12.4. The Labute approximate surface area is 253 Å². The number of fused-ring (bicyclic) bond motifs is 2. The number of hydrogen-bond acceptors (Lipinski definition) is 7. The second kappa shape index (κ2) is 12.1. The zero-order valence-corrected chi connectivity index (χ0v) is 25.3. The Kier molecular flexibility index (Phi) is 8.24. The van der Waals surface area contributed by atoms with Crippen LogP contribution in [0.4, 0.5) is 0 Å². The van der Waals surface area contributed by atoms with Gasteiger partial charge in [0.15, 0.2) is 6.17 Å². The average Bonchev–Trinajstić information content (AvgIpc) is 3.42. The number of hydrogen-bond donors (Lipinski definition) is 0. The van der Waals surface area contributed by atoms with E-state index >= 15 is 0 Å². The molecule has 4 atom stereocenters. The first-order valence-corrected chi connectivity index (χ1v) is 15.6. The van der Waals surface area contributed by atoms with Gasteiger partial charge in [0.25, 0.3) is 0 Å². The van der Waals surface area contributed by atoms with Crippen molar-refractivity contribution in [3.63, 3.8) is 0 Å². The molecule has 6 rings (SSSR count). The Balaban J connectivity index is 1.39. The molecular weight excluding hydrogens is 548 g/mol. The van der Waals surface area contributed by atoms with Crippen LogP contribution in [0.1, 0.15) is 49.3 Å². The summed E-state index contributed by atoms with van der Waals surface area (Å²) < 4.78 is 6.38. The standard InChI is InChI=1S/C33H39ClN6O2/c1-4-29(41)39-15-16-40(21(2)19-39)31-26-17-28(34)30(25-13-7-10-22-9-5-6-12-24(22)25)36-32(26)37-33(27(31)18-35)42-20-23-11-8-14-38(23)3/h4,7,10,13,17,21,23,26,32H,1,5-6,8-9,11-12,14-16,19-20H2,2-3H3/t21-,23-,26?,32?/m0/s1. The van der Waals surface area contributed by atoms with Gasteiger partial charge in [-0.2, -0.15) is 5.26 Å². The van der Waals surface area contributed by atoms with Crippen molar-refractivity contribution in [2.75, 3.05) is 39.8 Å². The molecule has 2 fully saturated rings. The van der Waals surface area contributed by atoms with Crippen LogP contribution in [0.5, 0.6) is 0 Å². The van der Waals surface area contributed by atoms with Crippen LogP contribution >= 0.6 is 11.6 Å². The molecule has 1 amide bonds. The van der Waals surface area contributed by atoms with E-state index in [2.05, 4.69) is 54.6 Å². The van der Waals surface area contributed by atoms with Crippen molar-refractivity contribution in [1.82, 2.24) is 14.7 Å². The van der Waals surface area contributed by atoms with Gasteiger partial charge in [-0.05, 0) is 76.2 Å². The molecule has 0 spiro atoms. The first kappa shape index (κ1) is 28.7. The number of halogens is 1. The molecule has 0 N–H and O–H groups in total. The van der Waals surface area contributed by atoms with Crippen LogP contribution in [0.3, 0.4) is 0 Å². The van der Waals surface area contributed by atoms with Crippen LogP contribution in [0.2, 0.25) is 0 Å². The lowest BCUT2D eigenvalue weighted by atomic mass is 9.84. The molecule has 4 aliphatic heterocycles. The van der Waals surface area contributed by atoms with E-state index in [1.165, 1.54) is 23.6 Å². The van der Waals surface area contributed by atoms with Crippen molar-refractivity contribution >= 4 is 29.1 Å². The third kappa shape index (κ3) is 5.29. The van der Waals surface area contributed by atoms with Gasteiger partial charge in [0.1, 0.15) is 18.2 Å². The van der Waals surface area contributed by atoms with Crippen molar-refractivity contribution in [1.29, 1.82) is 5.26 Å². The zero-order valence-electron chi connectivity index (χ0n) is 24.6. The molecule has 1 aliphatic carbocycles. The van der Waals surface area contributed by atoms with E-state index < -0.39 is 6.17 Å². The Bertz CT molecular complexity index is 1440. The number of aryl methyl sites for hydroxylation is 1. The number of nitriles is 1. The molecular formula is C33H39ClN6O2. The number of ether oxygens (including phenoxy) is 1. The molecule has 5 aliphatic rings. The number of aliphatic imine (C=N–C) groups is 2. The van der Waals surface area contributed by atoms with Gasteiger partial charge in [0.05, 0.1) is 16.7 Å². The zero-order chi connectivity index (χ0) is 29.4. The topological polar surface area (TPSA) is 84.5 Å². The number of nitrogens with zero attached hydrogens (tertiary/aromatic N) is 6. The molecule has 0 aromatic heterocycles. The smallest absolute Gasteiger partial charge is 0.246 e. The first-order valence-electron chi connectivity index (χ1n) is 15.2. The fourth-order valence-corrected chi connectivity index (χ4v) is 7.43. The van der Waals surface area contributed by atoms with Crippen LogP contribution in [-0.4, -0.2) is 90.3 Å². The Morgan fingerprint density at radius 3 is 2.79 bits per heavy atom. The van der Waals surface area contributed by atoms with Crippen LogP contribution in [0, 0.1) is 17.2 Å². The maximum atomic E-state index is 12.4. The summed E-state index contributed by atoms with van der Waals surface area (Å²) in [6, 6.07) is 9.13. The third-order valence-electron chi connectivity index (χ3n) is 9.44. The second-order valence-corrected chi connectivity index (χ2v) is 12.4. The summed E-state index contributed by atoms with van der Waals surface area (Å²) in [5, 5.41) is 11.1. The highest BCUT2D eigenvalue weighted by molar-refractivity contribution is 6.46. The lowest BCUT2D eigenvalue weighted by molar-refractivity contribution is -0.128. The van der Waals surface area contributed by atoms with E-state index in [1.807, 2.05) is 6.08 Å². The number of piperazine rings is 1. The van der Waals surface area contributed by atoms with Gasteiger partial charge in [-0.15, -0.1) is 0 Å². The van der Waals surface area contributed by atoms with E-state index in [0.717, 1.165) is 55.6 Å². The second-order valence-electron chi connectivity index (χ2n) is 12.0. The largest absolute Gasteiger partial charge is 0.475 e. The lowest BCUT2D eigenvalue weighted by Crippen LogP contribution is -2.55. The summed E-state index contributed by atoms with van der Waals surface area (Å²) >= 11 is 7.05. The molecule has 2 unspecified atom stereocenters. The highest BCUT2D eigenvalue weighted by Gasteiger charge is 2.42. The van der Waals surface area contributed by atoms with E-state index in [0.29, 0.717) is 42.7 Å². The minimum absolute atomic E-state index is 0.0272. The summed E-state index contributed by atoms with van der Waals surface area (Å²) in [5.74, 6) is -0.0266. The predicted octanol–water partition coefficient (Wildman–Crippen LogP) is 4.45. The summed E-state index contributed by atoms with van der Waals surface area (Å²) in [7, 11) is 2.11. The lowest BCUT2D eigenvalue weighted by Gasteiger charge is -2.45. The van der Waals surface area contributed by atoms with Gasteiger partial charge in [-0.3, -0.25) is 9.79 Å². The molecule has 0 saturated carbocycles. The molecule has 0 bridgehead atoms. The number of likely N-dealkylation sites (N-methyl/N-ethyl adjacent to an activating group) is 1. The summed E-state index contributed by atoms with van der Waals surface area (Å²) in [4.78, 5) is 28.9. The van der Waals surface area contributed by atoms with Gasteiger partial charge in [0.2, 0.25) is 11.8 Å². The fourth-order valence-electron chi connectivity index (χ4n) is 7.15. The molecule has 8 nitrogen and oxygen atoms in total. The molecule has 4 heterocycles. The first-order chi connectivity index (χ1) is 20.4. The quantitative estimate of drug-likeness (QED) is 0.476. The maximum Gasteiger partial charge on any atom is 0.246 e. The highest BCUT2D eigenvalue weighted by Crippen LogP contribution is 2.40. The monoisotopic (exact) mass is 586 g/mol. The highest BCUT2D eigenvalue weighted by atomic mass is 35.5. The van der Waals surface area contributed by atoms with Gasteiger partial charge in [-0.1, -0.05) is 42.5 Å². The summed E-state index contributed by atoms with van der Waals surface area (Å²) in [5.41, 5.74) is 5.82. The SMILES string of the molecule is C=CC(=O)N1CCN(C2=C(C#N)C(OC[C@@H]3CCCN3C)=NC3N=C(c4cccc5c4CCCC5)C(Cl)=CC23)[C@@H](C)C1. The number of rotatable bonds is 5. The van der Waals surface area contributed by atoms with Gasteiger partial charge in [0, 0.05) is 43.0 Å². The Morgan fingerprint density at radius 1 is 1.21 bits per heavy atom. The van der Waals surface area contributed by atoms with Gasteiger partial charge in [-0.25, -0.2) is 4.99 Å². The molecule has 2 saturated heterocycles. The van der Waals surface area contributed by atoms with Crippen LogP contribution in [0.25, 0.3) is 0 Å². The predicted molar refractivity (Wildman–Crippen MR) is 165 cm³/mol. The molecule has 220 valence electrons. The summed E-state index contributed by atoms with van der Waals surface area (Å²) in [6.07, 6.45) is 9.55. The van der Waals surface area contributed by atoms with Gasteiger partial charge >= 0.3 is 0 Å². The van der Waals surface area contributed by atoms with E-state index in [9.17, 15) is 10.1 Å². The number of dihydropyridines is 2. The van der Waals surface area contributed by atoms with Crippen molar-refractivity contribution in [2.24, 2.45) is 15.9 Å². The molecule has 1 aromatic rings. The summed E-state index contributed by atoms with van der Waals surface area (Å²) in [6.45, 7) is 8.91. The third-order valence-corrected chi connectivity index (χ3v) is 9.74. The number of amides is 1. The number of carbonyl (C=O) groups excluding carboxylic acids is 1.